The third-order valence-electron chi connectivity index (χ3n) is 1.96. The van der Waals surface area contributed by atoms with Crippen LogP contribution >= 0.6 is 11.8 Å². The second kappa shape index (κ2) is 3.98. The lowest BCUT2D eigenvalue weighted by molar-refractivity contribution is 0.0455. The van der Waals surface area contributed by atoms with Gasteiger partial charge >= 0.3 is 0 Å². The number of ether oxygens (including phenoxy) is 1. The predicted molar refractivity (Wildman–Crippen MR) is 52.2 cm³/mol. The molecule has 0 aromatic carbocycles. The number of hydrogen-bond donors (Lipinski definition) is 1. The van der Waals surface area contributed by atoms with Crippen molar-refractivity contribution >= 4 is 17.5 Å². The highest BCUT2D eigenvalue weighted by Gasteiger charge is 2.20. The van der Waals surface area contributed by atoms with Crippen LogP contribution in [0.5, 0.6) is 0 Å². The van der Waals surface area contributed by atoms with Crippen molar-refractivity contribution < 1.29 is 9.53 Å². The quantitative estimate of drug-likeness (QED) is 0.740. The van der Waals surface area contributed by atoms with Crippen LogP contribution in [-0.2, 0) is 4.74 Å². The van der Waals surface area contributed by atoms with Crippen LogP contribution in [0.4, 0.5) is 0 Å². The second-order valence-electron chi connectivity index (χ2n) is 2.98. The van der Waals surface area contributed by atoms with Gasteiger partial charge in [0.2, 0.25) is 0 Å². The molecule has 1 N–H and O–H groups in total. The number of thioether (sulfide) groups is 1. The first-order chi connectivity index (χ1) is 6.36. The van der Waals surface area contributed by atoms with Crippen molar-refractivity contribution in [3.05, 3.63) is 24.0 Å². The average Bonchev–Trinajstić information content (AvgIpc) is 2.52. The van der Waals surface area contributed by atoms with Crippen LogP contribution in [0.15, 0.2) is 18.3 Å². The number of aromatic nitrogens is 1. The zero-order valence-electron chi connectivity index (χ0n) is 7.16. The molecule has 2 heterocycles. The SMILES string of the molecule is O=C(CSC1COC1)c1ccc[nH]1. The fourth-order valence-corrected chi connectivity index (χ4v) is 2.01. The molecule has 0 amide bonds. The minimum absolute atomic E-state index is 0.168. The summed E-state index contributed by atoms with van der Waals surface area (Å²) in [4.78, 5) is 14.4. The van der Waals surface area contributed by atoms with Crippen LogP contribution in [-0.4, -0.2) is 35.0 Å². The largest absolute Gasteiger partial charge is 0.379 e. The summed E-state index contributed by atoms with van der Waals surface area (Å²) in [6, 6.07) is 3.64. The number of carbonyl (C=O) groups is 1. The minimum Gasteiger partial charge on any atom is -0.379 e. The number of hydrogen-bond acceptors (Lipinski definition) is 3. The molecular weight excluding hydrogens is 186 g/mol. The smallest absolute Gasteiger partial charge is 0.188 e. The van der Waals surface area contributed by atoms with Gasteiger partial charge in [0.25, 0.3) is 0 Å². The van der Waals surface area contributed by atoms with Gasteiger partial charge < -0.3 is 9.72 Å². The van der Waals surface area contributed by atoms with Crippen LogP contribution in [0.25, 0.3) is 0 Å². The van der Waals surface area contributed by atoms with Gasteiger partial charge in [-0.15, -0.1) is 11.8 Å². The lowest BCUT2D eigenvalue weighted by atomic mass is 10.3. The first kappa shape index (κ1) is 8.84. The van der Waals surface area contributed by atoms with Crippen molar-refractivity contribution in [2.75, 3.05) is 19.0 Å². The summed E-state index contributed by atoms with van der Waals surface area (Å²) in [5, 5.41) is 0.527. The molecule has 1 aliphatic rings. The van der Waals surface area contributed by atoms with Gasteiger partial charge in [-0.05, 0) is 12.1 Å². The monoisotopic (exact) mass is 197 g/mol. The van der Waals surface area contributed by atoms with Gasteiger partial charge in [0, 0.05) is 6.20 Å². The molecule has 0 aliphatic carbocycles. The average molecular weight is 197 g/mol. The Hall–Kier alpha value is -0.740. The third-order valence-corrected chi connectivity index (χ3v) is 3.13. The van der Waals surface area contributed by atoms with Crippen LogP contribution in [0.1, 0.15) is 10.5 Å². The summed E-state index contributed by atoms with van der Waals surface area (Å²) in [6.45, 7) is 1.59. The molecule has 1 aliphatic heterocycles. The lowest BCUT2D eigenvalue weighted by Gasteiger charge is -2.24. The molecule has 4 heteroatoms. The molecular formula is C9H11NO2S. The number of H-pyrrole nitrogens is 1. The molecule has 13 heavy (non-hydrogen) atoms. The maximum Gasteiger partial charge on any atom is 0.188 e. The van der Waals surface area contributed by atoms with Gasteiger partial charge in [0.15, 0.2) is 5.78 Å². The predicted octanol–water partition coefficient (Wildman–Crippen LogP) is 1.33. The van der Waals surface area contributed by atoms with E-state index in [-0.39, 0.29) is 5.78 Å². The van der Waals surface area contributed by atoms with E-state index in [2.05, 4.69) is 4.98 Å². The van der Waals surface area contributed by atoms with E-state index in [4.69, 9.17) is 4.74 Å². The van der Waals surface area contributed by atoms with Crippen molar-refractivity contribution in [1.82, 2.24) is 4.98 Å². The molecule has 1 aromatic rings. The highest BCUT2D eigenvalue weighted by molar-refractivity contribution is 8.00. The summed E-state index contributed by atoms with van der Waals surface area (Å²) in [7, 11) is 0. The van der Waals surface area contributed by atoms with Crippen LogP contribution < -0.4 is 0 Å². The first-order valence-electron chi connectivity index (χ1n) is 4.22. The molecule has 70 valence electrons. The van der Waals surface area contributed by atoms with Gasteiger partial charge in [-0.25, -0.2) is 0 Å². The summed E-state index contributed by atoms with van der Waals surface area (Å²) < 4.78 is 5.02. The van der Waals surface area contributed by atoms with Gasteiger partial charge in [-0.3, -0.25) is 4.79 Å². The van der Waals surface area contributed by atoms with Crippen molar-refractivity contribution in [2.24, 2.45) is 0 Å². The molecule has 3 nitrogen and oxygen atoms in total. The Morgan fingerprint density at radius 2 is 2.54 bits per heavy atom. The molecule has 1 aromatic heterocycles. The topological polar surface area (TPSA) is 42.1 Å². The summed E-state index contributed by atoms with van der Waals surface area (Å²) in [6.07, 6.45) is 1.77. The number of carbonyl (C=O) groups excluding carboxylic acids is 1. The second-order valence-corrected chi connectivity index (χ2v) is 4.27. The number of ketones is 1. The summed E-state index contributed by atoms with van der Waals surface area (Å²) >= 11 is 1.67. The molecule has 0 bridgehead atoms. The molecule has 1 saturated heterocycles. The molecule has 1 fully saturated rings. The van der Waals surface area contributed by atoms with E-state index in [0.29, 0.717) is 16.7 Å². The maximum absolute atomic E-state index is 11.5. The lowest BCUT2D eigenvalue weighted by Crippen LogP contribution is -2.31. The summed E-state index contributed by atoms with van der Waals surface area (Å²) in [5.41, 5.74) is 0.702. The maximum atomic E-state index is 11.5. The Kier molecular flexibility index (Phi) is 2.71. The van der Waals surface area contributed by atoms with Gasteiger partial charge in [-0.2, -0.15) is 0 Å². The molecule has 0 unspecified atom stereocenters. The van der Waals surface area contributed by atoms with Crippen molar-refractivity contribution in [3.63, 3.8) is 0 Å². The zero-order chi connectivity index (χ0) is 9.10. The zero-order valence-corrected chi connectivity index (χ0v) is 7.97. The fourth-order valence-electron chi connectivity index (χ4n) is 1.09. The number of nitrogens with one attached hydrogen (secondary N) is 1. The molecule has 0 radical (unpaired) electrons. The molecule has 2 rings (SSSR count). The van der Waals surface area contributed by atoms with E-state index in [1.165, 1.54) is 0 Å². The van der Waals surface area contributed by atoms with Crippen LogP contribution in [0, 0.1) is 0 Å². The van der Waals surface area contributed by atoms with Crippen LogP contribution in [0.3, 0.4) is 0 Å². The molecule has 0 atom stereocenters. The normalized spacial score (nSPS) is 16.9. The minimum atomic E-state index is 0.168. The molecule has 0 saturated carbocycles. The molecule has 0 spiro atoms. The van der Waals surface area contributed by atoms with E-state index < -0.39 is 0 Å². The van der Waals surface area contributed by atoms with Crippen molar-refractivity contribution in [2.45, 2.75) is 5.25 Å². The fraction of sp³-hybridized carbons (Fsp3) is 0.444. The Labute approximate surface area is 80.9 Å². The van der Waals surface area contributed by atoms with Gasteiger partial charge in [-0.1, -0.05) is 0 Å². The van der Waals surface area contributed by atoms with Crippen molar-refractivity contribution in [1.29, 1.82) is 0 Å². The third kappa shape index (κ3) is 2.14. The number of aromatic amines is 1. The Balaban J connectivity index is 1.78. The van der Waals surface area contributed by atoms with E-state index in [1.54, 1.807) is 24.0 Å². The van der Waals surface area contributed by atoms with E-state index in [0.717, 1.165) is 13.2 Å². The van der Waals surface area contributed by atoms with E-state index in [1.807, 2.05) is 6.07 Å². The Morgan fingerprint density at radius 3 is 3.08 bits per heavy atom. The van der Waals surface area contributed by atoms with E-state index >= 15 is 0 Å². The number of Topliss-reactive ketones (excluding diaryl/α,β-unsaturated/α-hetero) is 1. The standard InChI is InChI=1S/C9H11NO2S/c11-9(8-2-1-3-10-8)6-13-7-4-12-5-7/h1-3,7,10H,4-6H2. The van der Waals surface area contributed by atoms with Gasteiger partial charge in [0.05, 0.1) is 29.9 Å². The number of rotatable bonds is 4. The summed E-state index contributed by atoms with van der Waals surface area (Å²) in [5.74, 6) is 0.719. The Morgan fingerprint density at radius 1 is 1.69 bits per heavy atom. The highest BCUT2D eigenvalue weighted by atomic mass is 32.2. The highest BCUT2D eigenvalue weighted by Crippen LogP contribution is 2.19. The van der Waals surface area contributed by atoms with Crippen LogP contribution in [0.2, 0.25) is 0 Å². The van der Waals surface area contributed by atoms with E-state index in [9.17, 15) is 4.79 Å². The van der Waals surface area contributed by atoms with Gasteiger partial charge in [0.1, 0.15) is 0 Å². The Bertz CT molecular complexity index is 280. The van der Waals surface area contributed by atoms with Crippen molar-refractivity contribution in [3.8, 4) is 0 Å². The first-order valence-corrected chi connectivity index (χ1v) is 5.27.